The van der Waals surface area contributed by atoms with Crippen LogP contribution < -0.4 is 10.7 Å². The molecule has 140 valence electrons. The Morgan fingerprint density at radius 2 is 2.14 bits per heavy atom. The molecule has 0 atom stereocenters. The van der Waals surface area contributed by atoms with Gasteiger partial charge in [-0.2, -0.15) is 5.10 Å². The molecule has 4 rings (SSSR count). The number of amides is 2. The van der Waals surface area contributed by atoms with Gasteiger partial charge in [-0.25, -0.2) is 24.9 Å². The molecule has 0 aliphatic carbocycles. The van der Waals surface area contributed by atoms with Crippen LogP contribution in [0.4, 0.5) is 4.79 Å². The van der Waals surface area contributed by atoms with E-state index in [0.29, 0.717) is 29.2 Å². The highest BCUT2D eigenvalue weighted by Crippen LogP contribution is 2.15. The first kappa shape index (κ1) is 17.5. The summed E-state index contributed by atoms with van der Waals surface area (Å²) in [6, 6.07) is 9.55. The van der Waals surface area contributed by atoms with Crippen molar-refractivity contribution in [1.82, 2.24) is 40.7 Å². The van der Waals surface area contributed by atoms with Gasteiger partial charge < -0.3 is 5.32 Å². The van der Waals surface area contributed by atoms with Crippen molar-refractivity contribution in [3.63, 3.8) is 0 Å². The molecule has 0 aliphatic heterocycles. The van der Waals surface area contributed by atoms with Crippen molar-refractivity contribution < 1.29 is 4.79 Å². The maximum absolute atomic E-state index is 11.3. The Morgan fingerprint density at radius 3 is 3.00 bits per heavy atom. The van der Waals surface area contributed by atoms with Crippen molar-refractivity contribution in [2.45, 2.75) is 13.5 Å². The van der Waals surface area contributed by atoms with Crippen LogP contribution in [0, 0.1) is 0 Å². The number of hydrogen-bond donors (Lipinski definition) is 2. The molecule has 0 fully saturated rings. The maximum atomic E-state index is 11.3. The molecule has 3 heterocycles. The van der Waals surface area contributed by atoms with E-state index in [0.717, 1.165) is 16.5 Å². The number of benzene rings is 1. The summed E-state index contributed by atoms with van der Waals surface area (Å²) in [5.74, 6) is 0. The van der Waals surface area contributed by atoms with Gasteiger partial charge in [0, 0.05) is 18.6 Å². The maximum Gasteiger partial charge on any atom is 0.334 e. The Morgan fingerprint density at radius 1 is 1.25 bits per heavy atom. The lowest BCUT2D eigenvalue weighted by Crippen LogP contribution is -2.29. The second-order valence-electron chi connectivity index (χ2n) is 6.07. The SMILES string of the molecule is CNC(=O)N/N=C(/C)c1cnc2nnn(Cc3ccc4ncccc4c3)c2n1. The van der Waals surface area contributed by atoms with Gasteiger partial charge in [-0.15, -0.1) is 5.10 Å². The average Bonchev–Trinajstić information content (AvgIpc) is 3.13. The number of urea groups is 1. The van der Waals surface area contributed by atoms with Crippen molar-refractivity contribution >= 4 is 33.9 Å². The highest BCUT2D eigenvalue weighted by Gasteiger charge is 2.11. The fourth-order valence-corrected chi connectivity index (χ4v) is 2.68. The molecule has 28 heavy (non-hydrogen) atoms. The largest absolute Gasteiger partial charge is 0.340 e. The molecule has 0 aliphatic rings. The predicted octanol–water partition coefficient (Wildman–Crippen LogP) is 1.47. The minimum atomic E-state index is -0.411. The molecule has 0 bridgehead atoms. The molecule has 1 aromatic carbocycles. The molecular formula is C18H17N9O. The van der Waals surface area contributed by atoms with Crippen LogP contribution in [0.1, 0.15) is 18.2 Å². The van der Waals surface area contributed by atoms with E-state index >= 15 is 0 Å². The number of nitrogens with one attached hydrogen (secondary N) is 2. The van der Waals surface area contributed by atoms with Gasteiger partial charge in [-0.05, 0) is 30.7 Å². The number of hydrazone groups is 1. The van der Waals surface area contributed by atoms with E-state index in [1.54, 1.807) is 24.0 Å². The third kappa shape index (κ3) is 3.47. The van der Waals surface area contributed by atoms with Gasteiger partial charge in [-0.1, -0.05) is 17.3 Å². The summed E-state index contributed by atoms with van der Waals surface area (Å²) in [6.45, 7) is 2.22. The minimum absolute atomic E-state index is 0.411. The second-order valence-corrected chi connectivity index (χ2v) is 6.07. The van der Waals surface area contributed by atoms with E-state index in [-0.39, 0.29) is 0 Å². The zero-order valence-corrected chi connectivity index (χ0v) is 15.3. The molecular weight excluding hydrogens is 358 g/mol. The predicted molar refractivity (Wildman–Crippen MR) is 104 cm³/mol. The first-order valence-corrected chi connectivity index (χ1v) is 8.56. The Balaban J connectivity index is 1.64. The number of hydrogen-bond acceptors (Lipinski definition) is 7. The molecule has 0 radical (unpaired) electrons. The summed E-state index contributed by atoms with van der Waals surface area (Å²) in [6.07, 6.45) is 3.32. The topological polar surface area (TPSA) is 123 Å². The van der Waals surface area contributed by atoms with Crippen molar-refractivity contribution in [1.29, 1.82) is 0 Å². The van der Waals surface area contributed by atoms with Crippen LogP contribution in [-0.2, 0) is 6.54 Å². The molecule has 10 heteroatoms. The van der Waals surface area contributed by atoms with Gasteiger partial charge in [-0.3, -0.25) is 4.98 Å². The highest BCUT2D eigenvalue weighted by atomic mass is 16.2. The summed E-state index contributed by atoms with van der Waals surface area (Å²) < 4.78 is 1.68. The van der Waals surface area contributed by atoms with Gasteiger partial charge in [0.1, 0.15) is 5.69 Å². The van der Waals surface area contributed by atoms with Crippen LogP contribution >= 0.6 is 0 Å². The Hall–Kier alpha value is -3.95. The standard InChI is InChI=1S/C18H17N9O/c1-11(23-25-18(28)19-2)15-9-21-16-17(22-15)27(26-24-16)10-12-5-6-14-13(8-12)4-3-7-20-14/h3-9H,10H2,1-2H3,(H2,19,25,28)/b23-11-. The highest BCUT2D eigenvalue weighted by molar-refractivity contribution is 5.98. The zero-order valence-electron chi connectivity index (χ0n) is 15.3. The zero-order chi connectivity index (χ0) is 19.5. The molecule has 0 saturated carbocycles. The molecule has 0 unspecified atom stereocenters. The van der Waals surface area contributed by atoms with Crippen LogP contribution in [0.5, 0.6) is 0 Å². The van der Waals surface area contributed by atoms with E-state index in [4.69, 9.17) is 0 Å². The summed E-state index contributed by atoms with van der Waals surface area (Å²) in [7, 11) is 1.51. The lowest BCUT2D eigenvalue weighted by atomic mass is 10.1. The molecule has 10 nitrogen and oxygen atoms in total. The number of carbonyl (C=O) groups excluding carboxylic acids is 1. The van der Waals surface area contributed by atoms with Crippen molar-refractivity contribution in [2.24, 2.45) is 5.10 Å². The Labute approximate surface area is 159 Å². The molecule has 2 N–H and O–H groups in total. The normalized spacial score (nSPS) is 11.7. The van der Waals surface area contributed by atoms with E-state index in [9.17, 15) is 4.79 Å². The molecule has 2 amide bonds. The van der Waals surface area contributed by atoms with E-state index in [1.165, 1.54) is 7.05 Å². The minimum Gasteiger partial charge on any atom is -0.340 e. The smallest absolute Gasteiger partial charge is 0.334 e. The van der Waals surface area contributed by atoms with Gasteiger partial charge in [0.15, 0.2) is 5.65 Å². The lowest BCUT2D eigenvalue weighted by molar-refractivity contribution is 0.243. The van der Waals surface area contributed by atoms with Crippen LogP contribution in [0.2, 0.25) is 0 Å². The number of aromatic nitrogens is 6. The van der Waals surface area contributed by atoms with Crippen LogP contribution in [-0.4, -0.2) is 48.7 Å². The van der Waals surface area contributed by atoms with Gasteiger partial charge in [0.2, 0.25) is 5.65 Å². The quantitative estimate of drug-likeness (QED) is 0.411. The number of pyridine rings is 1. The van der Waals surface area contributed by atoms with E-state index < -0.39 is 6.03 Å². The monoisotopic (exact) mass is 375 g/mol. The fourth-order valence-electron chi connectivity index (χ4n) is 2.68. The fraction of sp³-hybridized carbons (Fsp3) is 0.167. The summed E-state index contributed by atoms with van der Waals surface area (Å²) >= 11 is 0. The molecule has 4 aromatic rings. The number of fused-ring (bicyclic) bond motifs is 2. The van der Waals surface area contributed by atoms with Crippen molar-refractivity contribution in [2.75, 3.05) is 7.05 Å². The first-order chi connectivity index (χ1) is 13.6. The average molecular weight is 375 g/mol. The van der Waals surface area contributed by atoms with Crippen molar-refractivity contribution in [3.8, 4) is 0 Å². The van der Waals surface area contributed by atoms with Crippen LogP contribution in [0.15, 0.2) is 47.8 Å². The summed E-state index contributed by atoms with van der Waals surface area (Å²) in [4.78, 5) is 24.5. The molecule has 0 saturated heterocycles. The number of rotatable bonds is 4. The Kier molecular flexibility index (Phi) is 4.58. The Bertz CT molecular complexity index is 1200. The van der Waals surface area contributed by atoms with Gasteiger partial charge in [0.25, 0.3) is 0 Å². The first-order valence-electron chi connectivity index (χ1n) is 8.56. The molecule has 0 spiro atoms. The third-order valence-corrected chi connectivity index (χ3v) is 4.15. The van der Waals surface area contributed by atoms with Gasteiger partial charge >= 0.3 is 6.03 Å². The summed E-state index contributed by atoms with van der Waals surface area (Å²) in [5, 5.41) is 15.7. The number of nitrogens with zero attached hydrogens (tertiary/aromatic N) is 7. The third-order valence-electron chi connectivity index (χ3n) is 4.15. The van der Waals surface area contributed by atoms with Gasteiger partial charge in [0.05, 0.1) is 24.0 Å². The van der Waals surface area contributed by atoms with Crippen molar-refractivity contribution in [3.05, 3.63) is 54.0 Å². The lowest BCUT2D eigenvalue weighted by Gasteiger charge is -2.05. The summed E-state index contributed by atoms with van der Waals surface area (Å²) in [5.41, 5.74) is 6.38. The second kappa shape index (κ2) is 7.35. The number of carbonyl (C=O) groups is 1. The van der Waals surface area contributed by atoms with E-state index in [1.807, 2.05) is 24.3 Å². The van der Waals surface area contributed by atoms with E-state index in [2.05, 4.69) is 47.2 Å². The van der Waals surface area contributed by atoms with Crippen LogP contribution in [0.25, 0.3) is 22.2 Å². The molecule has 3 aromatic heterocycles. The van der Waals surface area contributed by atoms with Crippen LogP contribution in [0.3, 0.4) is 0 Å².